The number of nitrogens with zero attached hydrogens (tertiary/aromatic N) is 1. The van der Waals surface area contributed by atoms with Gasteiger partial charge in [-0.25, -0.2) is 0 Å². The maximum atomic E-state index is 11.6. The Hall–Kier alpha value is -0.610. The number of carbonyl (C=O) groups is 1. The molecule has 4 heteroatoms. The Morgan fingerprint density at radius 3 is 2.06 bits per heavy atom. The Balaban J connectivity index is 2.99. The van der Waals surface area contributed by atoms with Gasteiger partial charge >= 0.3 is 5.97 Å². The molecule has 1 fully saturated rings. The maximum absolute atomic E-state index is 11.6. The number of likely N-dealkylation sites (N-methyl/N-ethyl adjacent to an activating group) is 1. The van der Waals surface area contributed by atoms with Gasteiger partial charge in [0.15, 0.2) is 0 Å². The molecule has 1 aliphatic rings. The summed E-state index contributed by atoms with van der Waals surface area (Å²) in [4.78, 5) is 13.7. The average molecular weight is 229 g/mol. The second kappa shape index (κ2) is 5.15. The maximum Gasteiger partial charge on any atom is 0.324 e. The summed E-state index contributed by atoms with van der Waals surface area (Å²) in [5.41, 5.74) is -0.736. The van der Waals surface area contributed by atoms with Gasteiger partial charge in [-0.3, -0.25) is 9.69 Å². The van der Waals surface area contributed by atoms with Gasteiger partial charge in [0, 0.05) is 12.8 Å². The topological polar surface area (TPSA) is 49.8 Å². The standard InChI is InChI=1S/C12H23NO3/c1-5-13(6-2)12(11(14)15)7-9(3)16-10(4)8-12/h9-10H,5-8H2,1-4H3,(H,14,15). The number of hydrogen-bond acceptors (Lipinski definition) is 3. The summed E-state index contributed by atoms with van der Waals surface area (Å²) in [6, 6.07) is 0. The van der Waals surface area contributed by atoms with Gasteiger partial charge in [0.2, 0.25) is 0 Å². The fraction of sp³-hybridized carbons (Fsp3) is 0.917. The quantitative estimate of drug-likeness (QED) is 0.797. The van der Waals surface area contributed by atoms with Crippen molar-refractivity contribution in [2.24, 2.45) is 0 Å². The van der Waals surface area contributed by atoms with Crippen LogP contribution >= 0.6 is 0 Å². The molecule has 1 saturated heterocycles. The summed E-state index contributed by atoms with van der Waals surface area (Å²) in [6.45, 7) is 9.47. The van der Waals surface area contributed by atoms with Gasteiger partial charge in [0.1, 0.15) is 5.54 Å². The third-order valence-electron chi connectivity index (χ3n) is 3.48. The Kier molecular flexibility index (Phi) is 4.33. The molecule has 2 unspecified atom stereocenters. The van der Waals surface area contributed by atoms with Crippen LogP contribution in [0.1, 0.15) is 40.5 Å². The smallest absolute Gasteiger partial charge is 0.324 e. The highest BCUT2D eigenvalue weighted by Gasteiger charge is 2.48. The third-order valence-corrected chi connectivity index (χ3v) is 3.48. The normalized spacial score (nSPS) is 35.3. The van der Waals surface area contributed by atoms with E-state index in [1.165, 1.54) is 0 Å². The SMILES string of the molecule is CCN(CC)C1(C(=O)O)CC(C)OC(C)C1. The Labute approximate surface area is 97.6 Å². The lowest BCUT2D eigenvalue weighted by Crippen LogP contribution is -2.60. The fourth-order valence-corrected chi connectivity index (χ4v) is 2.92. The summed E-state index contributed by atoms with van der Waals surface area (Å²) in [5.74, 6) is -0.710. The zero-order valence-corrected chi connectivity index (χ0v) is 10.7. The van der Waals surface area contributed by atoms with Gasteiger partial charge in [-0.05, 0) is 26.9 Å². The lowest BCUT2D eigenvalue weighted by atomic mass is 9.82. The highest BCUT2D eigenvalue weighted by atomic mass is 16.5. The fourth-order valence-electron chi connectivity index (χ4n) is 2.92. The van der Waals surface area contributed by atoms with Crippen molar-refractivity contribution in [3.63, 3.8) is 0 Å². The minimum atomic E-state index is -0.736. The van der Waals surface area contributed by atoms with E-state index in [0.29, 0.717) is 12.8 Å². The highest BCUT2D eigenvalue weighted by molar-refractivity contribution is 5.79. The first kappa shape index (κ1) is 13.5. The first-order valence-electron chi connectivity index (χ1n) is 6.10. The molecule has 1 N–H and O–H groups in total. The van der Waals surface area contributed by atoms with Crippen LogP contribution in [0.2, 0.25) is 0 Å². The molecule has 0 aromatic carbocycles. The van der Waals surface area contributed by atoms with Crippen molar-refractivity contribution in [3.05, 3.63) is 0 Å². The molecule has 0 amide bonds. The second-order valence-electron chi connectivity index (χ2n) is 4.67. The zero-order valence-electron chi connectivity index (χ0n) is 10.7. The van der Waals surface area contributed by atoms with E-state index in [1.54, 1.807) is 0 Å². The summed E-state index contributed by atoms with van der Waals surface area (Å²) < 4.78 is 5.64. The van der Waals surface area contributed by atoms with Crippen LogP contribution in [0.25, 0.3) is 0 Å². The molecule has 1 rings (SSSR count). The second-order valence-corrected chi connectivity index (χ2v) is 4.67. The minimum absolute atomic E-state index is 0.0143. The number of carboxylic acid groups (broad SMARTS) is 1. The lowest BCUT2D eigenvalue weighted by molar-refractivity contribution is -0.168. The van der Waals surface area contributed by atoms with E-state index >= 15 is 0 Å². The molecule has 94 valence electrons. The molecular formula is C12H23NO3. The average Bonchev–Trinajstić information content (AvgIpc) is 2.17. The van der Waals surface area contributed by atoms with Crippen molar-refractivity contribution in [2.45, 2.75) is 58.3 Å². The van der Waals surface area contributed by atoms with Crippen LogP contribution in [-0.4, -0.2) is 46.8 Å². The van der Waals surface area contributed by atoms with E-state index in [9.17, 15) is 9.90 Å². The summed E-state index contributed by atoms with van der Waals surface area (Å²) in [7, 11) is 0. The Bertz CT molecular complexity index is 241. The van der Waals surface area contributed by atoms with E-state index < -0.39 is 11.5 Å². The van der Waals surface area contributed by atoms with Crippen LogP contribution in [0.5, 0.6) is 0 Å². The van der Waals surface area contributed by atoms with E-state index in [0.717, 1.165) is 13.1 Å². The van der Waals surface area contributed by atoms with Crippen molar-refractivity contribution in [2.75, 3.05) is 13.1 Å². The zero-order chi connectivity index (χ0) is 12.3. The molecular weight excluding hydrogens is 206 g/mol. The molecule has 2 atom stereocenters. The van der Waals surface area contributed by atoms with Crippen LogP contribution in [0, 0.1) is 0 Å². The molecule has 0 aliphatic carbocycles. The molecule has 1 heterocycles. The van der Waals surface area contributed by atoms with Crippen LogP contribution < -0.4 is 0 Å². The van der Waals surface area contributed by atoms with Crippen molar-refractivity contribution < 1.29 is 14.6 Å². The third kappa shape index (κ3) is 2.38. The predicted molar refractivity (Wildman–Crippen MR) is 62.5 cm³/mol. The molecule has 1 aliphatic heterocycles. The van der Waals surface area contributed by atoms with Gasteiger partial charge < -0.3 is 9.84 Å². The molecule has 0 spiro atoms. The number of ether oxygens (including phenoxy) is 1. The number of aliphatic carboxylic acids is 1. The molecule has 0 bridgehead atoms. The Morgan fingerprint density at radius 1 is 1.31 bits per heavy atom. The van der Waals surface area contributed by atoms with Crippen molar-refractivity contribution in [3.8, 4) is 0 Å². The molecule has 0 radical (unpaired) electrons. The largest absolute Gasteiger partial charge is 0.480 e. The monoisotopic (exact) mass is 229 g/mol. The first-order chi connectivity index (χ1) is 7.46. The van der Waals surface area contributed by atoms with E-state index in [4.69, 9.17) is 4.74 Å². The van der Waals surface area contributed by atoms with Crippen LogP contribution in [0.3, 0.4) is 0 Å². The molecule has 0 aromatic rings. The van der Waals surface area contributed by atoms with Crippen molar-refractivity contribution >= 4 is 5.97 Å². The minimum Gasteiger partial charge on any atom is -0.480 e. The predicted octanol–water partition coefficient (Wildman–Crippen LogP) is 1.74. The first-order valence-corrected chi connectivity index (χ1v) is 6.10. The molecule has 4 nitrogen and oxygen atoms in total. The van der Waals surface area contributed by atoms with Gasteiger partial charge in [-0.2, -0.15) is 0 Å². The molecule has 16 heavy (non-hydrogen) atoms. The molecule has 0 saturated carbocycles. The molecule has 0 aromatic heterocycles. The van der Waals surface area contributed by atoms with Crippen LogP contribution in [-0.2, 0) is 9.53 Å². The number of rotatable bonds is 4. The van der Waals surface area contributed by atoms with Crippen molar-refractivity contribution in [1.82, 2.24) is 4.90 Å². The summed E-state index contributed by atoms with van der Waals surface area (Å²) in [6.07, 6.45) is 1.18. The van der Waals surface area contributed by atoms with Crippen LogP contribution in [0.4, 0.5) is 0 Å². The van der Waals surface area contributed by atoms with Gasteiger partial charge in [-0.15, -0.1) is 0 Å². The lowest BCUT2D eigenvalue weighted by Gasteiger charge is -2.46. The van der Waals surface area contributed by atoms with Gasteiger partial charge in [0.25, 0.3) is 0 Å². The summed E-state index contributed by atoms with van der Waals surface area (Å²) in [5, 5.41) is 9.56. The van der Waals surface area contributed by atoms with E-state index in [1.807, 2.05) is 32.6 Å². The van der Waals surface area contributed by atoms with Crippen LogP contribution in [0.15, 0.2) is 0 Å². The summed E-state index contributed by atoms with van der Waals surface area (Å²) >= 11 is 0. The highest BCUT2D eigenvalue weighted by Crippen LogP contribution is 2.34. The van der Waals surface area contributed by atoms with Crippen molar-refractivity contribution in [1.29, 1.82) is 0 Å². The van der Waals surface area contributed by atoms with Gasteiger partial charge in [0.05, 0.1) is 12.2 Å². The van der Waals surface area contributed by atoms with E-state index in [2.05, 4.69) is 0 Å². The van der Waals surface area contributed by atoms with E-state index in [-0.39, 0.29) is 12.2 Å². The number of hydrogen-bond donors (Lipinski definition) is 1. The Morgan fingerprint density at radius 2 is 1.75 bits per heavy atom. The number of carboxylic acids is 1. The van der Waals surface area contributed by atoms with Gasteiger partial charge in [-0.1, -0.05) is 13.8 Å².